The maximum atomic E-state index is 9.79. The first-order valence-corrected chi connectivity index (χ1v) is 12.5. The lowest BCUT2D eigenvalue weighted by molar-refractivity contribution is 0.148. The molecule has 1 aliphatic heterocycles. The quantitative estimate of drug-likeness (QED) is 0.359. The average molecular weight is 493 g/mol. The first-order chi connectivity index (χ1) is 18.1. The van der Waals surface area contributed by atoms with E-state index in [1.165, 1.54) is 5.56 Å². The van der Waals surface area contributed by atoms with Gasteiger partial charge in [0.15, 0.2) is 0 Å². The van der Waals surface area contributed by atoms with E-state index in [9.17, 15) is 5.26 Å². The maximum Gasteiger partial charge on any atom is 0.126 e. The highest BCUT2D eigenvalue weighted by Crippen LogP contribution is 2.32. The molecule has 1 saturated heterocycles. The van der Waals surface area contributed by atoms with Crippen LogP contribution in [0.5, 0.6) is 5.75 Å². The Morgan fingerprint density at radius 1 is 1.08 bits per heavy atom. The first kappa shape index (κ1) is 24.6. The molecular weight excluding hydrogens is 460 g/mol. The normalized spacial score (nSPS) is 14.8. The Bertz CT molecular complexity index is 1470. The number of hydrogen-bond donors (Lipinski definition) is 2. The van der Waals surface area contributed by atoms with E-state index in [1.807, 2.05) is 30.5 Å². The summed E-state index contributed by atoms with van der Waals surface area (Å²) in [7, 11) is 3.88. The van der Waals surface area contributed by atoms with Crippen LogP contribution >= 0.6 is 0 Å². The number of nitrogens with one attached hydrogen (secondary N) is 2. The lowest BCUT2D eigenvalue weighted by atomic mass is 10.1. The van der Waals surface area contributed by atoms with Gasteiger partial charge in [-0.3, -0.25) is 9.88 Å². The number of anilines is 2. The van der Waals surface area contributed by atoms with Gasteiger partial charge in [-0.05, 0) is 49.4 Å². The minimum Gasteiger partial charge on any atom is -0.496 e. The number of aromatic amines is 1. The van der Waals surface area contributed by atoms with Crippen LogP contribution in [0, 0.1) is 18.3 Å². The number of H-pyrrole nitrogens is 1. The molecule has 0 spiro atoms. The molecule has 7 nitrogen and oxygen atoms in total. The topological polar surface area (TPSA) is 80.2 Å². The number of hydrogen-bond acceptors (Lipinski definition) is 6. The zero-order chi connectivity index (χ0) is 25.8. The summed E-state index contributed by atoms with van der Waals surface area (Å²) in [6.45, 7) is 7.35. The van der Waals surface area contributed by atoms with Gasteiger partial charge in [0.1, 0.15) is 11.8 Å². The van der Waals surface area contributed by atoms with Crippen LogP contribution in [0.1, 0.15) is 27.8 Å². The molecule has 188 valence electrons. The molecule has 0 unspecified atom stereocenters. The van der Waals surface area contributed by atoms with E-state index in [2.05, 4.69) is 69.4 Å². The average Bonchev–Trinajstić information content (AvgIpc) is 3.41. The van der Waals surface area contributed by atoms with Gasteiger partial charge in [-0.1, -0.05) is 24.3 Å². The van der Waals surface area contributed by atoms with Crippen molar-refractivity contribution < 1.29 is 4.74 Å². The van der Waals surface area contributed by atoms with Gasteiger partial charge in [0.25, 0.3) is 0 Å². The Hall–Kier alpha value is -4.12. The Labute approximate surface area is 218 Å². The van der Waals surface area contributed by atoms with E-state index in [0.717, 1.165) is 77.4 Å². The maximum absolute atomic E-state index is 9.79. The number of ether oxygens (including phenoxy) is 1. The second-order valence-corrected chi connectivity index (χ2v) is 9.55. The predicted octanol–water partition coefficient (Wildman–Crippen LogP) is 5.41. The van der Waals surface area contributed by atoms with Crippen LogP contribution in [0.25, 0.3) is 23.1 Å². The summed E-state index contributed by atoms with van der Waals surface area (Å²) in [5.74, 6) is 0.829. The summed E-state index contributed by atoms with van der Waals surface area (Å²) in [5, 5.41) is 14.4. The zero-order valence-corrected chi connectivity index (χ0v) is 21.6. The van der Waals surface area contributed by atoms with Gasteiger partial charge < -0.3 is 19.9 Å². The van der Waals surface area contributed by atoms with Gasteiger partial charge in [0.05, 0.1) is 18.4 Å². The van der Waals surface area contributed by atoms with Crippen molar-refractivity contribution in [2.45, 2.75) is 13.5 Å². The van der Waals surface area contributed by atoms with Gasteiger partial charge in [-0.25, -0.2) is 0 Å². The Morgan fingerprint density at radius 3 is 2.68 bits per heavy atom. The summed E-state index contributed by atoms with van der Waals surface area (Å²) in [4.78, 5) is 12.4. The second-order valence-electron chi connectivity index (χ2n) is 9.55. The number of methoxy groups -OCH3 is 1. The molecule has 0 atom stereocenters. The number of benzene rings is 2. The van der Waals surface area contributed by atoms with E-state index >= 15 is 0 Å². The third-order valence-corrected chi connectivity index (χ3v) is 7.10. The lowest BCUT2D eigenvalue weighted by Gasteiger charge is -2.32. The van der Waals surface area contributed by atoms with Crippen molar-refractivity contribution in [3.05, 3.63) is 82.8 Å². The standard InChI is InChI=1S/C30H32N6O/c1-21-26-10-11-33-28(26)9-8-27(21)34-30-24(18-32-19-25(30)17-31)7-6-23-5-4-22(16-29(23)37-3)20-36-14-12-35(2)13-15-36/h4-11,16,18-19,33H,12-15,20H2,1-3H3,(H,32,34). The molecule has 2 N–H and O–H groups in total. The Morgan fingerprint density at radius 2 is 1.89 bits per heavy atom. The molecule has 0 radical (unpaired) electrons. The number of nitrogens with zero attached hydrogens (tertiary/aromatic N) is 4. The minimum atomic E-state index is 0.491. The highest BCUT2D eigenvalue weighted by atomic mass is 16.5. The van der Waals surface area contributed by atoms with Crippen molar-refractivity contribution >= 4 is 34.4 Å². The van der Waals surface area contributed by atoms with Gasteiger partial charge in [-0.2, -0.15) is 5.26 Å². The monoisotopic (exact) mass is 492 g/mol. The van der Waals surface area contributed by atoms with Crippen LogP contribution in [0.4, 0.5) is 11.4 Å². The smallest absolute Gasteiger partial charge is 0.126 e. The number of piperazine rings is 1. The number of rotatable bonds is 7. The van der Waals surface area contributed by atoms with Gasteiger partial charge in [0.2, 0.25) is 0 Å². The third kappa shape index (κ3) is 5.36. The van der Waals surface area contributed by atoms with Crippen LogP contribution in [-0.2, 0) is 6.54 Å². The predicted molar refractivity (Wildman–Crippen MR) is 150 cm³/mol. The van der Waals surface area contributed by atoms with Crippen molar-refractivity contribution in [3.63, 3.8) is 0 Å². The molecule has 7 heteroatoms. The molecule has 2 aromatic heterocycles. The highest BCUT2D eigenvalue weighted by molar-refractivity contribution is 5.90. The molecule has 0 bridgehead atoms. The number of aromatic nitrogens is 2. The molecular formula is C30H32N6O. The highest BCUT2D eigenvalue weighted by Gasteiger charge is 2.15. The summed E-state index contributed by atoms with van der Waals surface area (Å²) in [6.07, 6.45) is 9.31. The van der Waals surface area contributed by atoms with Crippen LogP contribution in [-0.4, -0.2) is 60.1 Å². The molecule has 4 aromatic rings. The fourth-order valence-electron chi connectivity index (χ4n) is 4.82. The van der Waals surface area contributed by atoms with Gasteiger partial charge in [-0.15, -0.1) is 0 Å². The van der Waals surface area contributed by atoms with Crippen molar-refractivity contribution in [2.75, 3.05) is 45.7 Å². The van der Waals surface area contributed by atoms with E-state index in [-0.39, 0.29) is 0 Å². The third-order valence-electron chi connectivity index (χ3n) is 7.10. The van der Waals surface area contributed by atoms with Crippen molar-refractivity contribution in [1.82, 2.24) is 19.8 Å². The SMILES string of the molecule is COc1cc(CN2CCN(C)CC2)ccc1C=Cc1cncc(C#N)c1Nc1ccc2[nH]ccc2c1C. The van der Waals surface area contributed by atoms with Crippen LogP contribution < -0.4 is 10.1 Å². The van der Waals surface area contributed by atoms with Crippen LogP contribution in [0.15, 0.2) is 55.0 Å². The summed E-state index contributed by atoms with van der Waals surface area (Å²) >= 11 is 0. The van der Waals surface area contributed by atoms with E-state index in [1.54, 1.807) is 19.5 Å². The molecule has 5 rings (SSSR count). The number of fused-ring (bicyclic) bond motifs is 1. The molecule has 0 amide bonds. The summed E-state index contributed by atoms with van der Waals surface area (Å²) < 4.78 is 5.74. The Kier molecular flexibility index (Phi) is 7.22. The number of pyridine rings is 1. The Balaban J connectivity index is 1.41. The molecule has 37 heavy (non-hydrogen) atoms. The van der Waals surface area contributed by atoms with Crippen molar-refractivity contribution in [3.8, 4) is 11.8 Å². The molecule has 1 aliphatic rings. The van der Waals surface area contributed by atoms with Gasteiger partial charge >= 0.3 is 0 Å². The minimum absolute atomic E-state index is 0.491. The van der Waals surface area contributed by atoms with Crippen LogP contribution in [0.3, 0.4) is 0 Å². The number of likely N-dealkylation sites (N-methyl/N-ethyl adjacent to an activating group) is 1. The summed E-state index contributed by atoms with van der Waals surface area (Å²) in [5.41, 5.74) is 7.43. The summed E-state index contributed by atoms with van der Waals surface area (Å²) in [6, 6.07) is 14.8. The number of aryl methyl sites for hydroxylation is 1. The molecule has 3 heterocycles. The van der Waals surface area contributed by atoms with Crippen molar-refractivity contribution in [2.24, 2.45) is 0 Å². The van der Waals surface area contributed by atoms with Crippen molar-refractivity contribution in [1.29, 1.82) is 5.26 Å². The van der Waals surface area contributed by atoms with Gasteiger partial charge in [0, 0.05) is 79.0 Å². The number of nitriles is 1. The lowest BCUT2D eigenvalue weighted by Crippen LogP contribution is -2.43. The molecule has 0 aliphatic carbocycles. The van der Waals surface area contributed by atoms with E-state index in [0.29, 0.717) is 5.56 Å². The largest absolute Gasteiger partial charge is 0.496 e. The fraction of sp³-hybridized carbons (Fsp3) is 0.267. The van der Waals surface area contributed by atoms with E-state index < -0.39 is 0 Å². The molecule has 2 aromatic carbocycles. The molecule has 0 saturated carbocycles. The fourth-order valence-corrected chi connectivity index (χ4v) is 4.82. The molecule has 1 fully saturated rings. The van der Waals surface area contributed by atoms with E-state index in [4.69, 9.17) is 4.74 Å². The second kappa shape index (κ2) is 10.9. The zero-order valence-electron chi connectivity index (χ0n) is 21.6. The van der Waals surface area contributed by atoms with Crippen LogP contribution in [0.2, 0.25) is 0 Å². The first-order valence-electron chi connectivity index (χ1n) is 12.5.